The molecule has 0 bridgehead atoms. The highest BCUT2D eigenvalue weighted by molar-refractivity contribution is 6.31. The minimum atomic E-state index is -0.538. The average Bonchev–Trinajstić information content (AvgIpc) is 2.89. The van der Waals surface area contributed by atoms with Crippen molar-refractivity contribution < 1.29 is 4.79 Å². The maximum Gasteiger partial charge on any atom is 0.218 e. The number of nitrogens with one attached hydrogen (secondary N) is 1. The van der Waals surface area contributed by atoms with E-state index in [2.05, 4.69) is 15.5 Å². The summed E-state index contributed by atoms with van der Waals surface area (Å²) in [6.07, 6.45) is -0.538. The molecule has 0 aliphatic rings. The number of nitrogens with zero attached hydrogens (tertiary/aromatic N) is 3. The van der Waals surface area contributed by atoms with Crippen molar-refractivity contribution in [2.45, 2.75) is 13.1 Å². The van der Waals surface area contributed by atoms with E-state index in [9.17, 15) is 4.79 Å². The van der Waals surface area contributed by atoms with Gasteiger partial charge in [-0.25, -0.2) is 0 Å². The van der Waals surface area contributed by atoms with Gasteiger partial charge in [0.2, 0.25) is 5.91 Å². The fourth-order valence-electron chi connectivity index (χ4n) is 2.14. The zero-order valence-electron chi connectivity index (χ0n) is 11.3. The lowest BCUT2D eigenvalue weighted by Crippen LogP contribution is -2.33. The lowest BCUT2D eigenvalue weighted by molar-refractivity contribution is -0.120. The van der Waals surface area contributed by atoms with Gasteiger partial charge in [-0.1, -0.05) is 41.9 Å². The van der Waals surface area contributed by atoms with Gasteiger partial charge in [0.05, 0.1) is 0 Å². The molecule has 0 saturated heterocycles. The summed E-state index contributed by atoms with van der Waals surface area (Å²) in [6.45, 7) is 1.45. The Morgan fingerprint density at radius 3 is 2.24 bits per heavy atom. The lowest BCUT2D eigenvalue weighted by atomic mass is 10.2. The van der Waals surface area contributed by atoms with Crippen LogP contribution in [-0.4, -0.2) is 20.9 Å². The zero-order valence-corrected chi connectivity index (χ0v) is 12.1. The second-order valence-electron chi connectivity index (χ2n) is 4.63. The number of halogens is 1. The summed E-state index contributed by atoms with van der Waals surface area (Å²) < 4.78 is 0. The van der Waals surface area contributed by atoms with Crippen molar-refractivity contribution in [3.8, 4) is 0 Å². The van der Waals surface area contributed by atoms with Gasteiger partial charge in [0, 0.05) is 17.5 Å². The maximum atomic E-state index is 11.5. The smallest absolute Gasteiger partial charge is 0.218 e. The Balaban J connectivity index is 2.11. The number of carbonyl (C=O) groups excluding carboxylic acids is 1. The van der Waals surface area contributed by atoms with Gasteiger partial charge in [0.1, 0.15) is 11.0 Å². The summed E-state index contributed by atoms with van der Waals surface area (Å²) in [7, 11) is 0. The van der Waals surface area contributed by atoms with Gasteiger partial charge in [-0.05, 0) is 18.2 Å². The first-order valence-electron chi connectivity index (χ1n) is 6.48. The Labute approximate surface area is 126 Å². The normalized spacial score (nSPS) is 12.3. The van der Waals surface area contributed by atoms with E-state index in [-0.39, 0.29) is 5.91 Å². The lowest BCUT2D eigenvalue weighted by Gasteiger charge is -2.18. The fourth-order valence-corrected chi connectivity index (χ4v) is 2.38. The predicted molar refractivity (Wildman–Crippen MR) is 80.9 cm³/mol. The molecule has 3 rings (SSSR count). The number of carbonyl (C=O) groups is 1. The third-order valence-electron chi connectivity index (χ3n) is 3.07. The van der Waals surface area contributed by atoms with Crippen LogP contribution in [0.3, 0.4) is 0 Å². The molecule has 0 spiro atoms. The van der Waals surface area contributed by atoms with Crippen LogP contribution in [0.25, 0.3) is 11.0 Å². The van der Waals surface area contributed by atoms with Crippen molar-refractivity contribution in [2.24, 2.45) is 0 Å². The van der Waals surface area contributed by atoms with E-state index in [1.165, 1.54) is 11.7 Å². The topological polar surface area (TPSA) is 59.8 Å². The number of rotatable bonds is 3. The first-order chi connectivity index (χ1) is 10.1. The Morgan fingerprint density at radius 2 is 1.67 bits per heavy atom. The van der Waals surface area contributed by atoms with Crippen LogP contribution in [0.15, 0.2) is 48.5 Å². The van der Waals surface area contributed by atoms with E-state index in [1.54, 1.807) is 6.07 Å². The van der Waals surface area contributed by atoms with Gasteiger partial charge in [0.15, 0.2) is 6.17 Å². The van der Waals surface area contributed by atoms with E-state index in [1.807, 2.05) is 42.5 Å². The molecule has 5 nitrogen and oxygen atoms in total. The molecular weight excluding hydrogens is 288 g/mol. The molecule has 0 aliphatic carbocycles. The van der Waals surface area contributed by atoms with Crippen LogP contribution >= 0.6 is 11.6 Å². The molecular formula is C15H13ClN4O. The third kappa shape index (κ3) is 2.73. The van der Waals surface area contributed by atoms with Crippen molar-refractivity contribution in [2.75, 3.05) is 0 Å². The van der Waals surface area contributed by atoms with Gasteiger partial charge < -0.3 is 5.32 Å². The van der Waals surface area contributed by atoms with Crippen LogP contribution in [0.2, 0.25) is 5.02 Å². The molecule has 1 aromatic heterocycles. The minimum Gasteiger partial charge on any atom is -0.329 e. The summed E-state index contributed by atoms with van der Waals surface area (Å²) in [4.78, 5) is 13.0. The van der Waals surface area contributed by atoms with Gasteiger partial charge in [-0.3, -0.25) is 4.79 Å². The number of hydrogen-bond donors (Lipinski definition) is 1. The number of fused-ring (bicyclic) bond motifs is 1. The van der Waals surface area contributed by atoms with E-state index < -0.39 is 6.17 Å². The van der Waals surface area contributed by atoms with Crippen LogP contribution in [0, 0.1) is 0 Å². The molecule has 1 amide bonds. The quantitative estimate of drug-likeness (QED) is 0.809. The number of amides is 1. The number of benzene rings is 2. The van der Waals surface area contributed by atoms with Crippen LogP contribution in [0.4, 0.5) is 0 Å². The molecule has 1 heterocycles. The van der Waals surface area contributed by atoms with Gasteiger partial charge in [-0.2, -0.15) is 15.0 Å². The molecule has 1 atom stereocenters. The molecule has 0 fully saturated rings. The first-order valence-corrected chi connectivity index (χ1v) is 6.86. The molecule has 1 unspecified atom stereocenters. The van der Waals surface area contributed by atoms with Gasteiger partial charge >= 0.3 is 0 Å². The van der Waals surface area contributed by atoms with Crippen molar-refractivity contribution in [3.63, 3.8) is 0 Å². The molecule has 2 aromatic carbocycles. The predicted octanol–water partition coefficient (Wildman–Crippen LogP) is 2.77. The standard InChI is InChI=1S/C15H13ClN4O/c1-10(21)17-15(11-6-2-3-7-12(11)16)20-18-13-8-4-5-9-14(13)19-20/h2-9,15H,1H3,(H,17,21). The molecule has 0 aliphatic heterocycles. The first kappa shape index (κ1) is 13.6. The molecule has 0 radical (unpaired) electrons. The Bertz CT molecular complexity index is 766. The number of hydrogen-bond acceptors (Lipinski definition) is 3. The molecule has 6 heteroatoms. The Hall–Kier alpha value is -2.40. The largest absolute Gasteiger partial charge is 0.329 e. The maximum absolute atomic E-state index is 11.5. The van der Waals surface area contributed by atoms with Gasteiger partial charge in [-0.15, -0.1) is 0 Å². The molecule has 106 valence electrons. The van der Waals surface area contributed by atoms with Crippen LogP contribution in [0.1, 0.15) is 18.7 Å². The number of aromatic nitrogens is 3. The van der Waals surface area contributed by atoms with E-state index >= 15 is 0 Å². The van der Waals surface area contributed by atoms with Crippen molar-refractivity contribution in [1.29, 1.82) is 0 Å². The van der Waals surface area contributed by atoms with Crippen LogP contribution in [0.5, 0.6) is 0 Å². The van der Waals surface area contributed by atoms with Gasteiger partial charge in [0.25, 0.3) is 0 Å². The van der Waals surface area contributed by atoms with Crippen molar-refractivity contribution in [3.05, 3.63) is 59.1 Å². The summed E-state index contributed by atoms with van der Waals surface area (Å²) >= 11 is 6.23. The summed E-state index contributed by atoms with van der Waals surface area (Å²) in [5.74, 6) is -0.179. The Kier molecular flexibility index (Phi) is 3.58. The molecule has 0 saturated carbocycles. The van der Waals surface area contributed by atoms with Crippen LogP contribution in [-0.2, 0) is 4.79 Å². The summed E-state index contributed by atoms with van der Waals surface area (Å²) in [5, 5.41) is 12.2. The minimum absolute atomic E-state index is 0.179. The monoisotopic (exact) mass is 300 g/mol. The highest BCUT2D eigenvalue weighted by atomic mass is 35.5. The third-order valence-corrected chi connectivity index (χ3v) is 3.42. The Morgan fingerprint density at radius 1 is 1.10 bits per heavy atom. The second kappa shape index (κ2) is 5.54. The van der Waals surface area contributed by atoms with E-state index in [0.717, 1.165) is 16.6 Å². The summed E-state index contributed by atoms with van der Waals surface area (Å²) in [6, 6.07) is 14.8. The fraction of sp³-hybridized carbons (Fsp3) is 0.133. The van der Waals surface area contributed by atoms with E-state index in [0.29, 0.717) is 5.02 Å². The second-order valence-corrected chi connectivity index (χ2v) is 5.04. The zero-order chi connectivity index (χ0) is 14.8. The van der Waals surface area contributed by atoms with E-state index in [4.69, 9.17) is 11.6 Å². The highest BCUT2D eigenvalue weighted by Gasteiger charge is 2.20. The van der Waals surface area contributed by atoms with Crippen molar-refractivity contribution >= 4 is 28.5 Å². The molecule has 1 N–H and O–H groups in total. The summed E-state index contributed by atoms with van der Waals surface area (Å²) in [5.41, 5.74) is 2.27. The SMILES string of the molecule is CC(=O)NC(c1ccccc1Cl)n1nc2ccccc2n1. The van der Waals surface area contributed by atoms with Crippen molar-refractivity contribution in [1.82, 2.24) is 20.3 Å². The molecule has 21 heavy (non-hydrogen) atoms. The average molecular weight is 301 g/mol. The highest BCUT2D eigenvalue weighted by Crippen LogP contribution is 2.24. The molecule has 3 aromatic rings. The van der Waals surface area contributed by atoms with Crippen LogP contribution < -0.4 is 5.32 Å².